The SMILES string of the molecule is CCNc1ncc(C(=O)NCc2cccs2)cc1Cl. The standard InChI is InChI=1S/C13H14ClN3OS/c1-2-15-12-11(14)6-9(7-16-12)13(18)17-8-10-4-3-5-19-10/h3-7H,2,8H2,1H3,(H,15,16)(H,17,18). The first kappa shape index (κ1) is 13.8. The molecule has 0 aliphatic heterocycles. The summed E-state index contributed by atoms with van der Waals surface area (Å²) in [5, 5.41) is 8.28. The van der Waals surface area contributed by atoms with Gasteiger partial charge in [0.1, 0.15) is 5.82 Å². The van der Waals surface area contributed by atoms with E-state index in [1.165, 1.54) is 6.20 Å². The molecule has 2 aromatic rings. The van der Waals surface area contributed by atoms with Gasteiger partial charge >= 0.3 is 0 Å². The first-order chi connectivity index (χ1) is 9.20. The fraction of sp³-hybridized carbons (Fsp3) is 0.231. The number of aromatic nitrogens is 1. The molecule has 2 heterocycles. The van der Waals surface area contributed by atoms with Crippen LogP contribution in [0.15, 0.2) is 29.8 Å². The number of carbonyl (C=O) groups is 1. The highest BCUT2D eigenvalue weighted by Crippen LogP contribution is 2.19. The summed E-state index contributed by atoms with van der Waals surface area (Å²) in [5.41, 5.74) is 0.461. The summed E-state index contributed by atoms with van der Waals surface area (Å²) < 4.78 is 0. The molecule has 0 aromatic carbocycles. The maximum atomic E-state index is 11.9. The van der Waals surface area contributed by atoms with Gasteiger partial charge in [-0.15, -0.1) is 11.3 Å². The van der Waals surface area contributed by atoms with Gasteiger partial charge in [-0.1, -0.05) is 17.7 Å². The smallest absolute Gasteiger partial charge is 0.253 e. The zero-order valence-electron chi connectivity index (χ0n) is 10.4. The maximum absolute atomic E-state index is 11.9. The average molecular weight is 296 g/mol. The van der Waals surface area contributed by atoms with Crippen molar-refractivity contribution in [3.05, 3.63) is 45.2 Å². The zero-order chi connectivity index (χ0) is 13.7. The summed E-state index contributed by atoms with van der Waals surface area (Å²) in [6.07, 6.45) is 1.52. The Morgan fingerprint density at radius 3 is 3.00 bits per heavy atom. The fourth-order valence-corrected chi connectivity index (χ4v) is 2.42. The van der Waals surface area contributed by atoms with Gasteiger partial charge in [0.2, 0.25) is 0 Å². The molecule has 2 aromatic heterocycles. The third kappa shape index (κ3) is 3.68. The fourth-order valence-electron chi connectivity index (χ4n) is 1.54. The summed E-state index contributed by atoms with van der Waals surface area (Å²) in [6.45, 7) is 3.21. The second-order valence-electron chi connectivity index (χ2n) is 3.85. The lowest BCUT2D eigenvalue weighted by Gasteiger charge is -2.07. The molecule has 0 unspecified atom stereocenters. The van der Waals surface area contributed by atoms with Gasteiger partial charge in [-0.25, -0.2) is 4.98 Å². The molecule has 2 N–H and O–H groups in total. The molecule has 2 rings (SSSR count). The van der Waals surface area contributed by atoms with Crippen LogP contribution in [0.5, 0.6) is 0 Å². The van der Waals surface area contributed by atoms with E-state index in [1.54, 1.807) is 17.4 Å². The number of pyridine rings is 1. The van der Waals surface area contributed by atoms with Crippen molar-refractivity contribution in [3.8, 4) is 0 Å². The molecule has 0 aliphatic rings. The Kier molecular flexibility index (Phi) is 4.76. The lowest BCUT2D eigenvalue weighted by molar-refractivity contribution is 0.0951. The van der Waals surface area contributed by atoms with E-state index in [-0.39, 0.29) is 5.91 Å². The summed E-state index contributed by atoms with van der Waals surface area (Å²) in [4.78, 5) is 17.2. The predicted molar refractivity (Wildman–Crippen MR) is 78.9 cm³/mol. The van der Waals surface area contributed by atoms with E-state index in [0.717, 1.165) is 11.4 Å². The molecular formula is C13H14ClN3OS. The summed E-state index contributed by atoms with van der Waals surface area (Å²) in [7, 11) is 0. The Morgan fingerprint density at radius 2 is 2.37 bits per heavy atom. The second-order valence-corrected chi connectivity index (χ2v) is 5.29. The monoisotopic (exact) mass is 295 g/mol. The molecule has 100 valence electrons. The number of anilines is 1. The van der Waals surface area contributed by atoms with Crippen LogP contribution in [-0.2, 0) is 6.54 Å². The minimum absolute atomic E-state index is 0.175. The Morgan fingerprint density at radius 1 is 1.53 bits per heavy atom. The second kappa shape index (κ2) is 6.54. The number of rotatable bonds is 5. The van der Waals surface area contributed by atoms with Gasteiger partial charge in [0, 0.05) is 17.6 Å². The minimum atomic E-state index is -0.175. The lowest BCUT2D eigenvalue weighted by atomic mass is 10.2. The van der Waals surface area contributed by atoms with Gasteiger partial charge in [0.25, 0.3) is 5.91 Å². The number of hydrogen-bond donors (Lipinski definition) is 2. The van der Waals surface area contributed by atoms with Crippen LogP contribution in [0.2, 0.25) is 5.02 Å². The molecule has 1 amide bonds. The van der Waals surface area contributed by atoms with E-state index in [0.29, 0.717) is 22.9 Å². The highest BCUT2D eigenvalue weighted by molar-refractivity contribution is 7.09. The van der Waals surface area contributed by atoms with Crippen LogP contribution in [0, 0.1) is 0 Å². The first-order valence-corrected chi connectivity index (χ1v) is 7.16. The lowest BCUT2D eigenvalue weighted by Crippen LogP contribution is -2.22. The number of thiophene rings is 1. The Labute approximate surface area is 120 Å². The molecule has 0 saturated carbocycles. The van der Waals surface area contributed by atoms with Gasteiger partial charge in [-0.3, -0.25) is 4.79 Å². The number of hydrogen-bond acceptors (Lipinski definition) is 4. The molecule has 0 fully saturated rings. The molecule has 0 atom stereocenters. The van der Waals surface area contributed by atoms with E-state index >= 15 is 0 Å². The van der Waals surface area contributed by atoms with Crippen LogP contribution in [0.25, 0.3) is 0 Å². The van der Waals surface area contributed by atoms with Crippen molar-refractivity contribution in [2.45, 2.75) is 13.5 Å². The minimum Gasteiger partial charge on any atom is -0.369 e. The quantitative estimate of drug-likeness (QED) is 0.891. The molecule has 0 radical (unpaired) electrons. The number of nitrogens with one attached hydrogen (secondary N) is 2. The zero-order valence-corrected chi connectivity index (χ0v) is 12.0. The van der Waals surface area contributed by atoms with E-state index in [4.69, 9.17) is 11.6 Å². The molecule has 0 bridgehead atoms. The Hall–Kier alpha value is -1.59. The predicted octanol–water partition coefficient (Wildman–Crippen LogP) is 3.16. The van der Waals surface area contributed by atoms with Crippen molar-refractivity contribution in [1.82, 2.24) is 10.3 Å². The Balaban J connectivity index is 2.01. The van der Waals surface area contributed by atoms with Crippen molar-refractivity contribution < 1.29 is 4.79 Å². The number of amides is 1. The van der Waals surface area contributed by atoms with Crippen LogP contribution < -0.4 is 10.6 Å². The van der Waals surface area contributed by atoms with Gasteiger partial charge in [0.15, 0.2) is 0 Å². The number of nitrogens with zero attached hydrogens (tertiary/aromatic N) is 1. The number of carbonyl (C=O) groups excluding carboxylic acids is 1. The van der Waals surface area contributed by atoms with Crippen LogP contribution in [0.4, 0.5) is 5.82 Å². The van der Waals surface area contributed by atoms with E-state index in [9.17, 15) is 4.79 Å². The molecule has 0 saturated heterocycles. The third-order valence-corrected chi connectivity index (χ3v) is 3.62. The van der Waals surface area contributed by atoms with E-state index < -0.39 is 0 Å². The van der Waals surface area contributed by atoms with Gasteiger partial charge in [-0.05, 0) is 24.4 Å². The topological polar surface area (TPSA) is 54.0 Å². The molecule has 0 spiro atoms. The molecule has 6 heteroatoms. The first-order valence-electron chi connectivity index (χ1n) is 5.90. The number of halogens is 1. The van der Waals surface area contributed by atoms with Crippen LogP contribution in [0.1, 0.15) is 22.2 Å². The van der Waals surface area contributed by atoms with Crippen molar-refractivity contribution >= 4 is 34.7 Å². The highest BCUT2D eigenvalue weighted by atomic mass is 35.5. The molecule has 19 heavy (non-hydrogen) atoms. The van der Waals surface area contributed by atoms with Gasteiger partial charge < -0.3 is 10.6 Å². The van der Waals surface area contributed by atoms with Crippen molar-refractivity contribution in [2.75, 3.05) is 11.9 Å². The summed E-state index contributed by atoms with van der Waals surface area (Å²) >= 11 is 7.65. The third-order valence-electron chi connectivity index (χ3n) is 2.45. The summed E-state index contributed by atoms with van der Waals surface area (Å²) in [5.74, 6) is 0.421. The van der Waals surface area contributed by atoms with E-state index in [2.05, 4.69) is 15.6 Å². The van der Waals surface area contributed by atoms with Gasteiger partial charge in [0.05, 0.1) is 17.1 Å². The Bertz CT molecular complexity index is 557. The molecule has 4 nitrogen and oxygen atoms in total. The van der Waals surface area contributed by atoms with Crippen molar-refractivity contribution in [3.63, 3.8) is 0 Å². The van der Waals surface area contributed by atoms with E-state index in [1.807, 2.05) is 24.4 Å². The highest BCUT2D eigenvalue weighted by Gasteiger charge is 2.09. The van der Waals surface area contributed by atoms with Crippen molar-refractivity contribution in [2.24, 2.45) is 0 Å². The maximum Gasteiger partial charge on any atom is 0.253 e. The van der Waals surface area contributed by atoms with Crippen LogP contribution in [-0.4, -0.2) is 17.4 Å². The summed E-state index contributed by atoms with van der Waals surface area (Å²) in [6, 6.07) is 5.55. The van der Waals surface area contributed by atoms with Crippen LogP contribution in [0.3, 0.4) is 0 Å². The molecular weight excluding hydrogens is 282 g/mol. The average Bonchev–Trinajstić information content (AvgIpc) is 2.91. The largest absolute Gasteiger partial charge is 0.369 e. The van der Waals surface area contributed by atoms with Crippen LogP contribution >= 0.6 is 22.9 Å². The molecule has 0 aliphatic carbocycles. The normalized spacial score (nSPS) is 10.2. The van der Waals surface area contributed by atoms with Crippen molar-refractivity contribution in [1.29, 1.82) is 0 Å². The van der Waals surface area contributed by atoms with Gasteiger partial charge in [-0.2, -0.15) is 0 Å².